The van der Waals surface area contributed by atoms with Crippen molar-refractivity contribution < 1.29 is 4.79 Å². The number of hydrogen-bond acceptors (Lipinski definition) is 3. The number of aromatic amines is 1. The number of aryl methyl sites for hydroxylation is 1. The van der Waals surface area contributed by atoms with Crippen LogP contribution in [-0.2, 0) is 19.5 Å². The number of rotatable bonds is 5. The maximum atomic E-state index is 12.2. The van der Waals surface area contributed by atoms with Crippen LogP contribution in [0.5, 0.6) is 0 Å². The van der Waals surface area contributed by atoms with Crippen LogP contribution >= 0.6 is 0 Å². The van der Waals surface area contributed by atoms with Crippen LogP contribution < -0.4 is 15.5 Å². The van der Waals surface area contributed by atoms with Crippen molar-refractivity contribution in [2.45, 2.75) is 25.9 Å². The first-order valence-corrected chi connectivity index (χ1v) is 9.22. The van der Waals surface area contributed by atoms with Gasteiger partial charge in [0.15, 0.2) is 0 Å². The van der Waals surface area contributed by atoms with Crippen molar-refractivity contribution in [2.24, 2.45) is 0 Å². The number of benzene rings is 2. The number of hydrogen-bond donors (Lipinski definition) is 3. The summed E-state index contributed by atoms with van der Waals surface area (Å²) in [4.78, 5) is 21.9. The zero-order chi connectivity index (χ0) is 18.5. The van der Waals surface area contributed by atoms with Gasteiger partial charge in [0.1, 0.15) is 0 Å². The summed E-state index contributed by atoms with van der Waals surface area (Å²) in [6.45, 7) is 2.26. The number of imidazole rings is 1. The molecule has 27 heavy (non-hydrogen) atoms. The largest absolute Gasteiger partial charge is 0.365 e. The lowest BCUT2D eigenvalue weighted by Gasteiger charge is -2.31. The lowest BCUT2D eigenvalue weighted by molar-refractivity contribution is 0.251. The zero-order valence-corrected chi connectivity index (χ0v) is 15.1. The minimum atomic E-state index is -0.200. The third-order valence-electron chi connectivity index (χ3n) is 4.76. The standard InChI is InChI=1S/C21H23N5O/c27-21(23-12-16-5-2-1-3-6-16)25-18-9-8-17-7-4-10-26(20(17)11-18)14-19-13-22-15-24-19/h1-3,5-6,8-9,11,13,15H,4,7,10,12,14H2,(H,22,24)(H2,23,25,27). The molecule has 6 heteroatoms. The molecule has 2 aromatic carbocycles. The molecule has 0 unspecified atom stereocenters. The Kier molecular flexibility index (Phi) is 5.05. The average Bonchev–Trinajstić information content (AvgIpc) is 3.21. The molecule has 0 saturated carbocycles. The number of urea groups is 1. The van der Waals surface area contributed by atoms with Gasteiger partial charge in [-0.15, -0.1) is 0 Å². The number of carbonyl (C=O) groups excluding carboxylic acids is 1. The Bertz CT molecular complexity index is 892. The van der Waals surface area contributed by atoms with E-state index in [2.05, 4.69) is 37.6 Å². The number of aromatic nitrogens is 2. The van der Waals surface area contributed by atoms with Gasteiger partial charge in [-0.1, -0.05) is 36.4 Å². The smallest absolute Gasteiger partial charge is 0.319 e. The van der Waals surface area contributed by atoms with Crippen molar-refractivity contribution in [2.75, 3.05) is 16.8 Å². The molecule has 0 fully saturated rings. The maximum absolute atomic E-state index is 12.2. The summed E-state index contributed by atoms with van der Waals surface area (Å²) in [5, 5.41) is 5.84. The van der Waals surface area contributed by atoms with E-state index in [1.807, 2.05) is 42.6 Å². The summed E-state index contributed by atoms with van der Waals surface area (Å²) < 4.78 is 0. The van der Waals surface area contributed by atoms with E-state index in [4.69, 9.17) is 0 Å². The Balaban J connectivity index is 1.42. The predicted octanol–water partition coefficient (Wildman–Crippen LogP) is 3.68. The minimum Gasteiger partial charge on any atom is -0.365 e. The van der Waals surface area contributed by atoms with E-state index in [9.17, 15) is 4.79 Å². The molecular formula is C21H23N5O. The van der Waals surface area contributed by atoms with Gasteiger partial charge in [-0.25, -0.2) is 9.78 Å². The summed E-state index contributed by atoms with van der Waals surface area (Å²) in [5.74, 6) is 0. The number of anilines is 2. The van der Waals surface area contributed by atoms with Gasteiger partial charge < -0.3 is 20.5 Å². The highest BCUT2D eigenvalue weighted by Gasteiger charge is 2.18. The molecular weight excluding hydrogens is 338 g/mol. The van der Waals surface area contributed by atoms with Crippen LogP contribution in [-0.4, -0.2) is 22.5 Å². The first-order valence-electron chi connectivity index (χ1n) is 9.22. The van der Waals surface area contributed by atoms with Gasteiger partial charge in [-0.2, -0.15) is 0 Å². The SMILES string of the molecule is O=C(NCc1ccccc1)Nc1ccc2c(c1)N(Cc1c[nH]cn1)CCC2. The van der Waals surface area contributed by atoms with E-state index in [0.29, 0.717) is 6.54 Å². The normalized spacial score (nSPS) is 13.1. The van der Waals surface area contributed by atoms with Crippen LogP contribution in [0.15, 0.2) is 61.1 Å². The molecule has 2 heterocycles. The second-order valence-electron chi connectivity index (χ2n) is 6.72. The van der Waals surface area contributed by atoms with Crippen molar-refractivity contribution in [3.63, 3.8) is 0 Å². The summed E-state index contributed by atoms with van der Waals surface area (Å²) in [5.41, 5.74) is 5.37. The molecule has 1 aromatic heterocycles. The van der Waals surface area contributed by atoms with Crippen LogP contribution in [0, 0.1) is 0 Å². The Morgan fingerprint density at radius 1 is 1.19 bits per heavy atom. The van der Waals surface area contributed by atoms with E-state index < -0.39 is 0 Å². The Morgan fingerprint density at radius 3 is 2.89 bits per heavy atom. The number of amides is 2. The molecule has 138 valence electrons. The van der Waals surface area contributed by atoms with Gasteiger partial charge in [0.05, 0.1) is 18.6 Å². The molecule has 0 aliphatic carbocycles. The molecule has 0 spiro atoms. The molecule has 3 N–H and O–H groups in total. The van der Waals surface area contributed by atoms with Gasteiger partial charge in [-0.3, -0.25) is 0 Å². The van der Waals surface area contributed by atoms with Crippen LogP contribution in [0.1, 0.15) is 23.2 Å². The summed E-state index contributed by atoms with van der Waals surface area (Å²) in [6.07, 6.45) is 5.82. The second-order valence-corrected chi connectivity index (χ2v) is 6.72. The van der Waals surface area contributed by atoms with Crippen LogP contribution in [0.25, 0.3) is 0 Å². The summed E-state index contributed by atoms with van der Waals surface area (Å²) in [6, 6.07) is 15.8. The van der Waals surface area contributed by atoms with E-state index in [1.165, 1.54) is 11.3 Å². The van der Waals surface area contributed by atoms with Crippen LogP contribution in [0.2, 0.25) is 0 Å². The number of H-pyrrole nitrogens is 1. The zero-order valence-electron chi connectivity index (χ0n) is 15.1. The number of carbonyl (C=O) groups is 1. The third kappa shape index (κ3) is 4.28. The fraction of sp³-hybridized carbons (Fsp3) is 0.238. The van der Waals surface area contributed by atoms with Gasteiger partial charge >= 0.3 is 6.03 Å². The third-order valence-corrected chi connectivity index (χ3v) is 4.76. The second kappa shape index (κ2) is 7.95. The molecule has 1 aliphatic rings. The molecule has 3 aromatic rings. The number of fused-ring (bicyclic) bond motifs is 1. The fourth-order valence-electron chi connectivity index (χ4n) is 3.42. The van der Waals surface area contributed by atoms with Gasteiger partial charge in [-0.05, 0) is 36.1 Å². The molecule has 0 bridgehead atoms. The Labute approximate surface area is 158 Å². The summed E-state index contributed by atoms with van der Waals surface area (Å²) >= 11 is 0. The molecule has 0 radical (unpaired) electrons. The molecule has 4 rings (SSSR count). The fourth-order valence-corrected chi connectivity index (χ4v) is 3.42. The van der Waals surface area contributed by atoms with Crippen LogP contribution in [0.3, 0.4) is 0 Å². The highest BCUT2D eigenvalue weighted by atomic mass is 16.2. The van der Waals surface area contributed by atoms with E-state index in [0.717, 1.165) is 42.9 Å². The Morgan fingerprint density at radius 2 is 2.07 bits per heavy atom. The average molecular weight is 361 g/mol. The van der Waals surface area contributed by atoms with Crippen molar-refractivity contribution in [3.8, 4) is 0 Å². The lowest BCUT2D eigenvalue weighted by atomic mass is 10.0. The number of nitrogens with zero attached hydrogens (tertiary/aromatic N) is 2. The first kappa shape index (κ1) is 17.1. The van der Waals surface area contributed by atoms with Crippen LogP contribution in [0.4, 0.5) is 16.2 Å². The molecule has 1 aliphatic heterocycles. The molecule has 2 amide bonds. The van der Waals surface area contributed by atoms with E-state index in [-0.39, 0.29) is 6.03 Å². The first-order chi connectivity index (χ1) is 13.3. The van der Waals surface area contributed by atoms with Crippen molar-refractivity contribution in [1.82, 2.24) is 15.3 Å². The van der Waals surface area contributed by atoms with E-state index >= 15 is 0 Å². The molecule has 6 nitrogen and oxygen atoms in total. The highest BCUT2D eigenvalue weighted by Crippen LogP contribution is 2.31. The number of nitrogens with one attached hydrogen (secondary N) is 3. The van der Waals surface area contributed by atoms with E-state index in [1.54, 1.807) is 6.33 Å². The quantitative estimate of drug-likeness (QED) is 0.649. The van der Waals surface area contributed by atoms with Crippen molar-refractivity contribution in [1.29, 1.82) is 0 Å². The molecule has 0 atom stereocenters. The summed E-state index contributed by atoms with van der Waals surface area (Å²) in [7, 11) is 0. The predicted molar refractivity (Wildman–Crippen MR) is 107 cm³/mol. The highest BCUT2D eigenvalue weighted by molar-refractivity contribution is 5.90. The van der Waals surface area contributed by atoms with Crippen molar-refractivity contribution >= 4 is 17.4 Å². The van der Waals surface area contributed by atoms with Crippen molar-refractivity contribution in [3.05, 3.63) is 77.9 Å². The van der Waals surface area contributed by atoms with Gasteiger partial charge in [0.2, 0.25) is 0 Å². The maximum Gasteiger partial charge on any atom is 0.319 e. The Hall–Kier alpha value is -3.28. The topological polar surface area (TPSA) is 73.1 Å². The van der Waals surface area contributed by atoms with Gasteiger partial charge in [0.25, 0.3) is 0 Å². The lowest BCUT2D eigenvalue weighted by Crippen LogP contribution is -2.30. The monoisotopic (exact) mass is 361 g/mol. The molecule has 0 saturated heterocycles. The minimum absolute atomic E-state index is 0.200. The van der Waals surface area contributed by atoms with Gasteiger partial charge in [0, 0.05) is 30.7 Å².